The summed E-state index contributed by atoms with van der Waals surface area (Å²) in [5, 5.41) is 0. The van der Waals surface area contributed by atoms with Crippen molar-refractivity contribution in [3.8, 4) is 0 Å². The molecule has 2 nitrogen and oxygen atoms in total. The van der Waals surface area contributed by atoms with Crippen LogP contribution in [0.5, 0.6) is 0 Å². The molecule has 0 heterocycles. The van der Waals surface area contributed by atoms with Crippen molar-refractivity contribution in [3.63, 3.8) is 0 Å². The van der Waals surface area contributed by atoms with Gasteiger partial charge in [0.15, 0.2) is 0 Å². The number of aryl methyl sites for hydroxylation is 1. The van der Waals surface area contributed by atoms with E-state index in [9.17, 15) is 4.39 Å². The van der Waals surface area contributed by atoms with Crippen molar-refractivity contribution in [1.82, 2.24) is 0 Å². The molecule has 100 valence electrons. The Morgan fingerprint density at radius 1 is 1.00 bits per heavy atom. The van der Waals surface area contributed by atoms with Crippen molar-refractivity contribution in [2.24, 2.45) is 5.73 Å². The summed E-state index contributed by atoms with van der Waals surface area (Å²) in [6, 6.07) is 15.0. The van der Waals surface area contributed by atoms with Gasteiger partial charge in [0.1, 0.15) is 5.82 Å². The Morgan fingerprint density at radius 2 is 1.63 bits per heavy atom. The number of benzene rings is 2. The highest BCUT2D eigenvalue weighted by Gasteiger charge is 2.06. The normalized spacial score (nSPS) is 10.5. The van der Waals surface area contributed by atoms with Crippen LogP contribution in [-0.2, 0) is 6.54 Å². The Bertz CT molecular complexity index is 505. The summed E-state index contributed by atoms with van der Waals surface area (Å²) >= 11 is 0. The van der Waals surface area contributed by atoms with E-state index < -0.39 is 0 Å². The molecule has 0 amide bonds. The highest BCUT2D eigenvalue weighted by Crippen LogP contribution is 2.17. The monoisotopic (exact) mass is 258 g/mol. The fraction of sp³-hybridized carbons (Fsp3) is 0.250. The van der Waals surface area contributed by atoms with Crippen LogP contribution in [0.15, 0.2) is 48.5 Å². The number of hydrogen-bond donors (Lipinski definition) is 1. The quantitative estimate of drug-likeness (QED) is 0.893. The van der Waals surface area contributed by atoms with Crippen molar-refractivity contribution < 1.29 is 4.39 Å². The molecule has 0 bridgehead atoms. The zero-order chi connectivity index (χ0) is 13.7. The van der Waals surface area contributed by atoms with Crippen LogP contribution in [0, 0.1) is 12.7 Å². The molecule has 0 atom stereocenters. The second-order valence-corrected chi connectivity index (χ2v) is 4.67. The van der Waals surface area contributed by atoms with Gasteiger partial charge in [-0.1, -0.05) is 29.8 Å². The molecular formula is C16H19FN2. The van der Waals surface area contributed by atoms with Crippen LogP contribution in [0.3, 0.4) is 0 Å². The van der Waals surface area contributed by atoms with Gasteiger partial charge >= 0.3 is 0 Å². The molecule has 0 aliphatic rings. The van der Waals surface area contributed by atoms with Crippen LogP contribution < -0.4 is 10.6 Å². The molecule has 0 radical (unpaired) electrons. The van der Waals surface area contributed by atoms with Gasteiger partial charge in [0.05, 0.1) is 0 Å². The minimum Gasteiger partial charge on any atom is -0.366 e. The summed E-state index contributed by atoms with van der Waals surface area (Å²) in [4.78, 5) is 2.20. The van der Waals surface area contributed by atoms with Crippen molar-refractivity contribution >= 4 is 5.69 Å². The zero-order valence-electron chi connectivity index (χ0n) is 11.1. The first kappa shape index (κ1) is 13.6. The standard InChI is InChI=1S/C16H19FN2/c1-13-2-8-16(9-3-13)19(11-10-18)12-14-4-6-15(17)7-5-14/h2-9H,10-12,18H2,1H3. The molecule has 2 rings (SSSR count). The van der Waals surface area contributed by atoms with Gasteiger partial charge in [0, 0.05) is 25.3 Å². The smallest absolute Gasteiger partial charge is 0.123 e. The average Bonchev–Trinajstić information content (AvgIpc) is 2.42. The second-order valence-electron chi connectivity index (χ2n) is 4.67. The van der Waals surface area contributed by atoms with Gasteiger partial charge in [-0.3, -0.25) is 0 Å². The number of anilines is 1. The second kappa shape index (κ2) is 6.34. The van der Waals surface area contributed by atoms with Crippen LogP contribution in [0.25, 0.3) is 0 Å². The third kappa shape index (κ3) is 3.80. The van der Waals surface area contributed by atoms with Crippen molar-refractivity contribution in [3.05, 3.63) is 65.5 Å². The summed E-state index contributed by atoms with van der Waals surface area (Å²) in [6.45, 7) is 4.17. The van der Waals surface area contributed by atoms with Gasteiger partial charge < -0.3 is 10.6 Å². The number of rotatable bonds is 5. The van der Waals surface area contributed by atoms with Crippen LogP contribution in [0.1, 0.15) is 11.1 Å². The lowest BCUT2D eigenvalue weighted by atomic mass is 10.1. The third-order valence-electron chi connectivity index (χ3n) is 3.08. The number of nitrogens with two attached hydrogens (primary N) is 1. The average molecular weight is 258 g/mol. The minimum absolute atomic E-state index is 0.204. The lowest BCUT2D eigenvalue weighted by molar-refractivity contribution is 0.626. The van der Waals surface area contributed by atoms with E-state index >= 15 is 0 Å². The first-order chi connectivity index (χ1) is 9.19. The lowest BCUT2D eigenvalue weighted by Crippen LogP contribution is -2.28. The van der Waals surface area contributed by atoms with E-state index in [1.165, 1.54) is 17.7 Å². The molecule has 0 fully saturated rings. The Balaban J connectivity index is 2.15. The molecule has 0 unspecified atom stereocenters. The fourth-order valence-electron chi connectivity index (χ4n) is 2.02. The van der Waals surface area contributed by atoms with E-state index in [0.717, 1.165) is 24.3 Å². The molecular weight excluding hydrogens is 239 g/mol. The first-order valence-electron chi connectivity index (χ1n) is 6.45. The third-order valence-corrected chi connectivity index (χ3v) is 3.08. The molecule has 0 spiro atoms. The van der Waals surface area contributed by atoms with E-state index in [-0.39, 0.29) is 5.82 Å². The van der Waals surface area contributed by atoms with Gasteiger partial charge in [0.25, 0.3) is 0 Å². The molecule has 0 saturated heterocycles. The summed E-state index contributed by atoms with van der Waals surface area (Å²) in [6.07, 6.45) is 0. The van der Waals surface area contributed by atoms with E-state index in [0.29, 0.717) is 6.54 Å². The lowest BCUT2D eigenvalue weighted by Gasteiger charge is -2.24. The maximum atomic E-state index is 12.9. The van der Waals surface area contributed by atoms with Crippen LogP contribution in [-0.4, -0.2) is 13.1 Å². The molecule has 19 heavy (non-hydrogen) atoms. The summed E-state index contributed by atoms with van der Waals surface area (Å²) in [5.41, 5.74) is 9.13. The molecule has 0 saturated carbocycles. The van der Waals surface area contributed by atoms with Gasteiger partial charge in [0.2, 0.25) is 0 Å². The van der Waals surface area contributed by atoms with Crippen molar-refractivity contribution in [1.29, 1.82) is 0 Å². The first-order valence-corrected chi connectivity index (χ1v) is 6.45. The molecule has 0 aliphatic heterocycles. The number of halogens is 1. The van der Waals surface area contributed by atoms with Gasteiger partial charge in [-0.25, -0.2) is 4.39 Å². The predicted octanol–water partition coefficient (Wildman–Crippen LogP) is 3.10. The molecule has 0 aromatic heterocycles. The highest BCUT2D eigenvalue weighted by molar-refractivity contribution is 5.48. The predicted molar refractivity (Wildman–Crippen MR) is 77.7 cm³/mol. The maximum absolute atomic E-state index is 12.9. The molecule has 0 aliphatic carbocycles. The Labute approximate surface area is 113 Å². The highest BCUT2D eigenvalue weighted by atomic mass is 19.1. The summed E-state index contributed by atoms with van der Waals surface area (Å²) in [7, 11) is 0. The van der Waals surface area contributed by atoms with Crippen LogP contribution in [0.4, 0.5) is 10.1 Å². The number of hydrogen-bond acceptors (Lipinski definition) is 2. The Morgan fingerprint density at radius 3 is 2.21 bits per heavy atom. The Kier molecular flexibility index (Phi) is 4.53. The fourth-order valence-corrected chi connectivity index (χ4v) is 2.02. The van der Waals surface area contributed by atoms with Gasteiger partial charge in [-0.05, 0) is 36.8 Å². The molecule has 2 N–H and O–H groups in total. The van der Waals surface area contributed by atoms with Crippen LogP contribution in [0.2, 0.25) is 0 Å². The van der Waals surface area contributed by atoms with E-state index in [2.05, 4.69) is 36.1 Å². The Hall–Kier alpha value is -1.87. The topological polar surface area (TPSA) is 29.3 Å². The van der Waals surface area contributed by atoms with E-state index in [1.807, 2.05) is 12.1 Å². The largest absolute Gasteiger partial charge is 0.366 e. The summed E-state index contributed by atoms with van der Waals surface area (Å²) < 4.78 is 12.9. The number of nitrogens with zero attached hydrogens (tertiary/aromatic N) is 1. The SMILES string of the molecule is Cc1ccc(N(CCN)Cc2ccc(F)cc2)cc1. The maximum Gasteiger partial charge on any atom is 0.123 e. The minimum atomic E-state index is -0.204. The van der Waals surface area contributed by atoms with E-state index in [4.69, 9.17) is 5.73 Å². The van der Waals surface area contributed by atoms with Crippen molar-refractivity contribution in [2.75, 3.05) is 18.0 Å². The molecule has 2 aromatic carbocycles. The van der Waals surface area contributed by atoms with E-state index in [1.54, 1.807) is 0 Å². The molecule has 3 heteroatoms. The van der Waals surface area contributed by atoms with Gasteiger partial charge in [-0.15, -0.1) is 0 Å². The van der Waals surface area contributed by atoms with Gasteiger partial charge in [-0.2, -0.15) is 0 Å². The summed E-state index contributed by atoms with van der Waals surface area (Å²) in [5.74, 6) is -0.204. The zero-order valence-corrected chi connectivity index (χ0v) is 11.1. The molecule has 2 aromatic rings. The van der Waals surface area contributed by atoms with Crippen molar-refractivity contribution in [2.45, 2.75) is 13.5 Å². The van der Waals surface area contributed by atoms with Crippen LogP contribution >= 0.6 is 0 Å².